The number of aliphatic carboxylic acids is 6. The number of rotatable bonds is 12. The van der Waals surface area contributed by atoms with Crippen molar-refractivity contribution in [3.05, 3.63) is 0 Å². The second-order valence-electron chi connectivity index (χ2n) is 11.8. The van der Waals surface area contributed by atoms with Gasteiger partial charge in [0.1, 0.15) is 0 Å². The Labute approximate surface area is 282 Å². The third kappa shape index (κ3) is 120. The van der Waals surface area contributed by atoms with Gasteiger partial charge >= 0.3 is 0 Å². The van der Waals surface area contributed by atoms with Crippen molar-refractivity contribution in [2.45, 2.75) is 122 Å². The molecule has 0 fully saturated rings. The predicted octanol–water partition coefficient (Wildman–Crippen LogP) is -1.31. The summed E-state index contributed by atoms with van der Waals surface area (Å²) in [5, 5.41) is 58.2. The van der Waals surface area contributed by atoms with Crippen LogP contribution in [0.3, 0.4) is 0 Å². The average Bonchev–Trinajstić information content (AvgIpc) is 2.63. The summed E-state index contributed by atoms with van der Waals surface area (Å²) in [6, 6.07) is 0. The van der Waals surface area contributed by atoms with Crippen molar-refractivity contribution in [2.24, 2.45) is 35.5 Å². The van der Waals surface area contributed by atoms with Crippen LogP contribution in [0.2, 0.25) is 0 Å². The Bertz CT molecular complexity index is 561. The van der Waals surface area contributed by atoms with Crippen LogP contribution < -0.4 is 30.6 Å². The largest absolute Gasteiger partial charge is 0.550 e. The van der Waals surface area contributed by atoms with Crippen LogP contribution in [-0.4, -0.2) is 35.8 Å². The molecule has 0 atom stereocenters. The molecule has 43 heavy (non-hydrogen) atoms. The SMILES string of the molecule is CC(C)CC(=O)[O-].CC(C)CC(=O)[O-].CC(C)CC(=O)[O-].CC(C)CC(=O)[O-].CC(C)CC(=O)[O-].CC(C)CC(=O)[O-].[U]. The van der Waals surface area contributed by atoms with E-state index in [0.29, 0.717) is 0 Å². The van der Waals surface area contributed by atoms with E-state index in [9.17, 15) is 59.4 Å². The summed E-state index contributed by atoms with van der Waals surface area (Å²) >= 11 is 0. The maximum absolute atomic E-state index is 9.70. The van der Waals surface area contributed by atoms with E-state index in [1.807, 2.05) is 83.1 Å². The van der Waals surface area contributed by atoms with Gasteiger partial charge in [0, 0.05) is 66.9 Å². The van der Waals surface area contributed by atoms with Crippen LogP contribution in [-0.2, 0) is 28.8 Å². The van der Waals surface area contributed by atoms with Crippen molar-refractivity contribution in [1.82, 2.24) is 0 Å². The summed E-state index contributed by atoms with van der Waals surface area (Å²) in [4.78, 5) is 58.2. The zero-order valence-corrected chi connectivity index (χ0v) is 32.3. The molecule has 0 bridgehead atoms. The van der Waals surface area contributed by atoms with Crippen LogP contribution in [0.4, 0.5) is 0 Å². The summed E-state index contributed by atoms with van der Waals surface area (Å²) < 4.78 is 0. The van der Waals surface area contributed by atoms with Gasteiger partial charge in [-0.15, -0.1) is 0 Å². The van der Waals surface area contributed by atoms with Gasteiger partial charge in [-0.2, -0.15) is 0 Å². The third-order valence-electron chi connectivity index (χ3n) is 3.45. The zero-order valence-electron chi connectivity index (χ0n) is 28.1. The fourth-order valence-electron chi connectivity index (χ4n) is 2.00. The van der Waals surface area contributed by atoms with Crippen LogP contribution >= 0.6 is 0 Å². The molecule has 0 N–H and O–H groups in total. The Morgan fingerprint density at radius 1 is 0.302 bits per heavy atom. The van der Waals surface area contributed by atoms with Crippen molar-refractivity contribution in [1.29, 1.82) is 0 Å². The van der Waals surface area contributed by atoms with Gasteiger partial charge in [0.25, 0.3) is 0 Å². The summed E-state index contributed by atoms with van der Waals surface area (Å²) in [7, 11) is 0. The van der Waals surface area contributed by atoms with Crippen LogP contribution in [0.25, 0.3) is 0 Å². The van der Waals surface area contributed by atoms with Gasteiger partial charge in [-0.25, -0.2) is 0 Å². The molecule has 0 amide bonds. The Kier molecular flexibility index (Phi) is 49.9. The number of carbonyl (C=O) groups is 6. The van der Waals surface area contributed by atoms with E-state index in [-0.39, 0.29) is 105 Å². The number of hydrogen-bond acceptors (Lipinski definition) is 12. The van der Waals surface area contributed by atoms with Crippen molar-refractivity contribution in [3.63, 3.8) is 0 Å². The first kappa shape index (κ1) is 56.6. The van der Waals surface area contributed by atoms with E-state index in [0.717, 1.165) is 0 Å². The molecule has 0 spiro atoms. The monoisotopic (exact) mass is 844 g/mol. The first-order valence-corrected chi connectivity index (χ1v) is 13.9. The molecule has 0 aliphatic carbocycles. The fourth-order valence-corrected chi connectivity index (χ4v) is 2.00. The zero-order chi connectivity index (χ0) is 35.2. The molecule has 0 aromatic heterocycles. The van der Waals surface area contributed by atoms with Gasteiger partial charge in [-0.3, -0.25) is 0 Å². The third-order valence-corrected chi connectivity index (χ3v) is 3.45. The molecule has 0 rings (SSSR count). The van der Waals surface area contributed by atoms with E-state index >= 15 is 0 Å². The molecule has 12 nitrogen and oxygen atoms in total. The number of carbonyl (C=O) groups excluding carboxylic acids is 6. The van der Waals surface area contributed by atoms with Gasteiger partial charge in [0.15, 0.2) is 0 Å². The summed E-state index contributed by atoms with van der Waals surface area (Å²) in [6.45, 7) is 22.1. The minimum Gasteiger partial charge on any atom is -0.550 e. The smallest absolute Gasteiger partial charge is 0.0416 e. The van der Waals surface area contributed by atoms with E-state index in [1.165, 1.54) is 0 Å². The van der Waals surface area contributed by atoms with Crippen molar-refractivity contribution in [3.8, 4) is 0 Å². The number of hydrogen-bond donors (Lipinski definition) is 0. The Morgan fingerprint density at radius 2 is 0.372 bits per heavy atom. The topological polar surface area (TPSA) is 241 Å². The molecule has 0 aliphatic heterocycles. The molecular weight excluding hydrogens is 790 g/mol. The van der Waals surface area contributed by atoms with Gasteiger partial charge in [-0.1, -0.05) is 83.1 Å². The maximum atomic E-state index is 9.70. The molecule has 0 aromatic carbocycles. The normalized spacial score (nSPS) is 9.35. The van der Waals surface area contributed by atoms with Crippen LogP contribution in [0.15, 0.2) is 0 Å². The van der Waals surface area contributed by atoms with Gasteiger partial charge in [0.05, 0.1) is 0 Å². The van der Waals surface area contributed by atoms with E-state index < -0.39 is 35.8 Å². The Morgan fingerprint density at radius 3 is 0.372 bits per heavy atom. The fraction of sp³-hybridized carbons (Fsp3) is 0.800. The predicted molar refractivity (Wildman–Crippen MR) is 147 cm³/mol. The first-order chi connectivity index (χ1) is 18.8. The summed E-state index contributed by atoms with van der Waals surface area (Å²) in [5.41, 5.74) is 0. The number of carboxylic acid groups (broad SMARTS) is 6. The molecule has 0 saturated carbocycles. The standard InChI is InChI=1S/6C5H10O2.U/c6*1-4(2)3-5(6)7;/h6*4H,3H2,1-2H3,(H,6,7);/p-6. The second-order valence-corrected chi connectivity index (χ2v) is 11.8. The minimum absolute atomic E-state index is 0. The molecule has 13 heteroatoms. The summed E-state index contributed by atoms with van der Waals surface area (Å²) in [5.74, 6) is -4.50. The van der Waals surface area contributed by atoms with Crippen molar-refractivity contribution < 1.29 is 90.5 Å². The first-order valence-electron chi connectivity index (χ1n) is 13.9. The molecule has 0 unspecified atom stereocenters. The average molecular weight is 845 g/mol. The van der Waals surface area contributed by atoms with Crippen LogP contribution in [0.1, 0.15) is 122 Å². The maximum Gasteiger partial charge on any atom is 0.0416 e. The molecule has 0 heterocycles. The molecular formula is C30H54O12U-6. The molecule has 0 aliphatic rings. The Hall–Kier alpha value is -2.13. The van der Waals surface area contributed by atoms with Crippen LogP contribution in [0, 0.1) is 66.6 Å². The van der Waals surface area contributed by atoms with Crippen molar-refractivity contribution in [2.75, 3.05) is 0 Å². The Balaban J connectivity index is -0.0000000720. The van der Waals surface area contributed by atoms with E-state index in [2.05, 4.69) is 0 Å². The minimum atomic E-state index is -0.963. The molecule has 0 saturated heterocycles. The van der Waals surface area contributed by atoms with Crippen LogP contribution in [0.5, 0.6) is 0 Å². The van der Waals surface area contributed by atoms with Gasteiger partial charge < -0.3 is 59.4 Å². The number of carboxylic acids is 6. The van der Waals surface area contributed by atoms with Crippen molar-refractivity contribution >= 4 is 35.8 Å². The molecule has 0 radical (unpaired) electrons. The molecule has 256 valence electrons. The molecule has 0 aromatic rings. The second kappa shape index (κ2) is 37.9. The van der Waals surface area contributed by atoms with E-state index in [1.54, 1.807) is 0 Å². The quantitative estimate of drug-likeness (QED) is 0.223. The summed E-state index contributed by atoms with van der Waals surface area (Å²) in [6.07, 6.45) is 1.000. The van der Waals surface area contributed by atoms with E-state index in [4.69, 9.17) is 0 Å². The van der Waals surface area contributed by atoms with Gasteiger partial charge in [0.2, 0.25) is 0 Å². The van der Waals surface area contributed by atoms with Gasteiger partial charge in [-0.05, 0) is 74.0 Å².